The summed E-state index contributed by atoms with van der Waals surface area (Å²) in [6.07, 6.45) is -1.40. The molecule has 0 aromatic heterocycles. The number of aliphatic hydroxyl groups is 1. The van der Waals surface area contributed by atoms with Gasteiger partial charge in [0.25, 0.3) is 0 Å². The van der Waals surface area contributed by atoms with Crippen molar-refractivity contribution in [3.63, 3.8) is 0 Å². The Hall–Kier alpha value is -1.46. The molecule has 1 aliphatic carbocycles. The molecule has 210 valence electrons. The summed E-state index contributed by atoms with van der Waals surface area (Å²) >= 11 is 13.0. The average Bonchev–Trinajstić information content (AvgIpc) is 2.89. The van der Waals surface area contributed by atoms with E-state index < -0.39 is 46.8 Å². The lowest BCUT2D eigenvalue weighted by Crippen LogP contribution is -2.56. The fourth-order valence-electron chi connectivity index (χ4n) is 3.96. The number of nitrogens with one attached hydrogen (secondary N) is 1. The first-order valence-electron chi connectivity index (χ1n) is 12.6. The molecule has 1 saturated carbocycles. The Bertz CT molecular complexity index is 804. The number of rotatable bonds is 16. The number of ether oxygens (including phenoxy) is 4. The summed E-state index contributed by atoms with van der Waals surface area (Å²) in [5, 5.41) is 12.2. The SMILES string of the molecule is CCN(C)CCOC1C(Cl)CC(C(=O)N[C@@H](Cc2ccccc2)C(=O)OCCOCCOC)C(O)C1Cl. The maximum Gasteiger partial charge on any atom is 0.329 e. The molecule has 1 aromatic carbocycles. The van der Waals surface area contributed by atoms with Gasteiger partial charge in [0.1, 0.15) is 12.6 Å². The molecule has 0 aliphatic heterocycles. The summed E-state index contributed by atoms with van der Waals surface area (Å²) in [6.45, 7) is 5.09. The molecule has 0 heterocycles. The van der Waals surface area contributed by atoms with Crippen molar-refractivity contribution in [2.45, 2.75) is 48.8 Å². The number of carbonyl (C=O) groups is 2. The van der Waals surface area contributed by atoms with Crippen LogP contribution in [0.15, 0.2) is 30.3 Å². The molecule has 0 bridgehead atoms. The van der Waals surface area contributed by atoms with Gasteiger partial charge in [-0.3, -0.25) is 4.79 Å². The van der Waals surface area contributed by atoms with E-state index in [1.165, 1.54) is 0 Å². The van der Waals surface area contributed by atoms with Crippen LogP contribution in [0.2, 0.25) is 0 Å². The topological polar surface area (TPSA) is 107 Å². The van der Waals surface area contributed by atoms with Crippen molar-refractivity contribution < 1.29 is 33.6 Å². The van der Waals surface area contributed by atoms with Crippen LogP contribution >= 0.6 is 23.2 Å². The van der Waals surface area contributed by atoms with Crippen LogP contribution in [-0.4, -0.2) is 111 Å². The minimum Gasteiger partial charge on any atom is -0.462 e. The maximum atomic E-state index is 13.2. The van der Waals surface area contributed by atoms with Gasteiger partial charge in [-0.1, -0.05) is 37.3 Å². The second-order valence-corrected chi connectivity index (χ2v) is 10.1. The number of likely N-dealkylation sites (N-methyl/N-ethyl adjacent to an activating group) is 1. The van der Waals surface area contributed by atoms with Gasteiger partial charge in [-0.05, 0) is 25.6 Å². The lowest BCUT2D eigenvalue weighted by atomic mass is 9.83. The zero-order chi connectivity index (χ0) is 27.2. The summed E-state index contributed by atoms with van der Waals surface area (Å²) in [6, 6.07) is 8.33. The Morgan fingerprint density at radius 2 is 1.84 bits per heavy atom. The van der Waals surface area contributed by atoms with Gasteiger partial charge in [-0.2, -0.15) is 0 Å². The fourth-order valence-corrected chi connectivity index (χ4v) is 4.88. The smallest absolute Gasteiger partial charge is 0.329 e. The first-order valence-corrected chi connectivity index (χ1v) is 13.5. The number of carbonyl (C=O) groups excluding carboxylic acids is 2. The first-order chi connectivity index (χ1) is 17.8. The molecular weight excluding hydrogens is 523 g/mol. The van der Waals surface area contributed by atoms with E-state index in [2.05, 4.69) is 10.2 Å². The van der Waals surface area contributed by atoms with Gasteiger partial charge in [-0.25, -0.2) is 4.79 Å². The summed E-state index contributed by atoms with van der Waals surface area (Å²) in [4.78, 5) is 28.2. The summed E-state index contributed by atoms with van der Waals surface area (Å²) in [7, 11) is 3.54. The van der Waals surface area contributed by atoms with Crippen molar-refractivity contribution >= 4 is 35.1 Å². The third-order valence-corrected chi connectivity index (χ3v) is 7.27. The Morgan fingerprint density at radius 3 is 2.51 bits per heavy atom. The number of nitrogens with zero attached hydrogens (tertiary/aromatic N) is 1. The van der Waals surface area contributed by atoms with Crippen LogP contribution in [0.25, 0.3) is 0 Å². The maximum absolute atomic E-state index is 13.2. The van der Waals surface area contributed by atoms with Crippen LogP contribution in [0, 0.1) is 5.92 Å². The van der Waals surface area contributed by atoms with Crippen molar-refractivity contribution in [2.75, 3.05) is 60.3 Å². The molecule has 1 fully saturated rings. The van der Waals surface area contributed by atoms with Gasteiger partial charge in [0.15, 0.2) is 0 Å². The van der Waals surface area contributed by atoms with Gasteiger partial charge in [-0.15, -0.1) is 23.2 Å². The third-order valence-electron chi connectivity index (χ3n) is 6.34. The minimum atomic E-state index is -1.19. The van der Waals surface area contributed by atoms with E-state index in [0.29, 0.717) is 26.4 Å². The molecule has 6 atom stereocenters. The monoisotopic (exact) mass is 562 g/mol. The van der Waals surface area contributed by atoms with Crippen molar-refractivity contribution in [1.82, 2.24) is 10.2 Å². The standard InChI is InChI=1S/C26H40Cl2N2O7/c1-4-30(2)10-11-36-24-20(27)17-19(23(31)22(24)28)25(32)29-21(16-18-8-6-5-7-9-18)26(33)37-15-14-35-13-12-34-3/h5-9,19-24,31H,4,10-17H2,1-3H3,(H,29,32)/t19?,20?,21-,22?,23?,24?/m0/s1. The largest absolute Gasteiger partial charge is 0.462 e. The molecule has 0 radical (unpaired) electrons. The van der Waals surface area contributed by atoms with Gasteiger partial charge in [0.05, 0.1) is 55.3 Å². The van der Waals surface area contributed by atoms with E-state index in [0.717, 1.165) is 12.1 Å². The number of halogens is 2. The number of amides is 1. The van der Waals surface area contributed by atoms with E-state index >= 15 is 0 Å². The molecule has 5 unspecified atom stereocenters. The van der Waals surface area contributed by atoms with Crippen LogP contribution in [0.1, 0.15) is 18.9 Å². The normalized spacial score (nSPS) is 24.6. The van der Waals surface area contributed by atoms with Crippen molar-refractivity contribution in [2.24, 2.45) is 5.92 Å². The lowest BCUT2D eigenvalue weighted by Gasteiger charge is -2.39. The zero-order valence-corrected chi connectivity index (χ0v) is 23.3. The van der Waals surface area contributed by atoms with E-state index in [1.54, 1.807) is 7.11 Å². The van der Waals surface area contributed by atoms with Crippen LogP contribution in [0.3, 0.4) is 0 Å². The van der Waals surface area contributed by atoms with Crippen molar-refractivity contribution in [1.29, 1.82) is 0 Å². The molecule has 9 nitrogen and oxygen atoms in total. The second kappa shape index (κ2) is 17.2. The summed E-state index contributed by atoms with van der Waals surface area (Å²) in [5.41, 5.74) is 0.848. The molecule has 2 N–H and O–H groups in total. The number of hydrogen-bond acceptors (Lipinski definition) is 8. The van der Waals surface area contributed by atoms with Gasteiger partial charge >= 0.3 is 5.97 Å². The van der Waals surface area contributed by atoms with Crippen LogP contribution in [0.4, 0.5) is 0 Å². The predicted molar refractivity (Wildman–Crippen MR) is 142 cm³/mol. The molecular formula is C26H40Cl2N2O7. The molecule has 0 saturated heterocycles. The molecule has 37 heavy (non-hydrogen) atoms. The minimum absolute atomic E-state index is 0.0372. The Kier molecular flexibility index (Phi) is 14.8. The predicted octanol–water partition coefficient (Wildman–Crippen LogP) is 1.85. The van der Waals surface area contributed by atoms with Crippen molar-refractivity contribution in [3.05, 3.63) is 35.9 Å². The van der Waals surface area contributed by atoms with E-state index in [-0.39, 0.29) is 26.1 Å². The number of alkyl halides is 2. The third kappa shape index (κ3) is 10.7. The Labute approximate surface area is 229 Å². The zero-order valence-electron chi connectivity index (χ0n) is 21.8. The van der Waals surface area contributed by atoms with Crippen LogP contribution < -0.4 is 5.32 Å². The number of aliphatic hydroxyl groups excluding tert-OH is 1. The molecule has 1 aliphatic rings. The van der Waals surface area contributed by atoms with Crippen molar-refractivity contribution in [3.8, 4) is 0 Å². The number of hydrogen-bond donors (Lipinski definition) is 2. The molecule has 0 spiro atoms. The van der Waals surface area contributed by atoms with Crippen LogP contribution in [-0.2, 0) is 35.0 Å². The fraction of sp³-hybridized carbons (Fsp3) is 0.692. The highest BCUT2D eigenvalue weighted by molar-refractivity contribution is 6.25. The number of esters is 1. The lowest BCUT2D eigenvalue weighted by molar-refractivity contribution is -0.150. The highest BCUT2D eigenvalue weighted by Gasteiger charge is 2.46. The second-order valence-electron chi connectivity index (χ2n) is 9.05. The Morgan fingerprint density at radius 1 is 1.14 bits per heavy atom. The average molecular weight is 564 g/mol. The highest BCUT2D eigenvalue weighted by atomic mass is 35.5. The molecule has 1 aromatic rings. The van der Waals surface area contributed by atoms with Gasteiger partial charge in [0.2, 0.25) is 5.91 Å². The van der Waals surface area contributed by atoms with Crippen LogP contribution in [0.5, 0.6) is 0 Å². The van der Waals surface area contributed by atoms with Gasteiger partial charge in [0, 0.05) is 20.1 Å². The Balaban J connectivity index is 1.99. The number of methoxy groups -OCH3 is 1. The van der Waals surface area contributed by atoms with E-state index in [9.17, 15) is 14.7 Å². The molecule has 2 rings (SSSR count). The van der Waals surface area contributed by atoms with E-state index in [4.69, 9.17) is 42.1 Å². The highest BCUT2D eigenvalue weighted by Crippen LogP contribution is 2.34. The summed E-state index contributed by atoms with van der Waals surface area (Å²) < 4.78 is 21.4. The van der Waals surface area contributed by atoms with E-state index in [1.807, 2.05) is 44.3 Å². The quantitative estimate of drug-likeness (QED) is 0.178. The first kappa shape index (κ1) is 31.8. The molecule has 11 heteroatoms. The number of benzene rings is 1. The molecule has 1 amide bonds. The summed E-state index contributed by atoms with van der Waals surface area (Å²) in [5.74, 6) is -2.00. The van der Waals surface area contributed by atoms with Gasteiger partial charge < -0.3 is 34.3 Å².